The van der Waals surface area contributed by atoms with Crippen LogP contribution in [0.5, 0.6) is 0 Å². The molecule has 0 saturated carbocycles. The fraction of sp³-hybridized carbons (Fsp3) is 0.583. The molecule has 34 heavy (non-hydrogen) atoms. The van der Waals surface area contributed by atoms with Crippen molar-refractivity contribution in [2.45, 2.75) is 65.3 Å². The van der Waals surface area contributed by atoms with Gasteiger partial charge in [0.05, 0.1) is 13.7 Å². The molecule has 1 rings (SSSR count). The maximum atomic E-state index is 13.0. The summed E-state index contributed by atoms with van der Waals surface area (Å²) in [6, 6.07) is 5.97. The highest BCUT2D eigenvalue weighted by atomic mass is 16.5. The number of carbonyl (C=O) groups is 4. The Morgan fingerprint density at radius 3 is 1.79 bits per heavy atom. The van der Waals surface area contributed by atoms with Crippen LogP contribution in [0.15, 0.2) is 30.3 Å². The Morgan fingerprint density at radius 1 is 0.824 bits per heavy atom. The predicted octanol–water partition coefficient (Wildman–Crippen LogP) is 1.51. The fourth-order valence-electron chi connectivity index (χ4n) is 3.18. The molecule has 0 aliphatic rings. The number of alkyl carbamates (subject to hydrolysis) is 1. The number of aliphatic hydroxyl groups excluding tert-OH is 1. The van der Waals surface area contributed by atoms with Gasteiger partial charge in [0.15, 0.2) is 6.04 Å². The highest BCUT2D eigenvalue weighted by molar-refractivity contribution is 5.93. The summed E-state index contributed by atoms with van der Waals surface area (Å²) in [6.07, 6.45) is -0.145. The lowest BCUT2D eigenvalue weighted by Crippen LogP contribution is -2.56. The van der Waals surface area contributed by atoms with E-state index in [0.29, 0.717) is 6.42 Å². The molecule has 0 bridgehead atoms. The van der Waals surface area contributed by atoms with E-state index in [2.05, 4.69) is 20.7 Å². The molecule has 0 fully saturated rings. The van der Waals surface area contributed by atoms with E-state index in [4.69, 9.17) is 4.74 Å². The minimum Gasteiger partial charge on any atom is -0.467 e. The van der Waals surface area contributed by atoms with Crippen LogP contribution in [0.4, 0.5) is 4.79 Å². The van der Waals surface area contributed by atoms with Crippen LogP contribution >= 0.6 is 0 Å². The molecule has 4 N–H and O–H groups in total. The first-order valence-corrected chi connectivity index (χ1v) is 11.3. The van der Waals surface area contributed by atoms with E-state index in [1.807, 2.05) is 58.0 Å². The summed E-state index contributed by atoms with van der Waals surface area (Å²) in [6.45, 7) is 6.96. The molecule has 1 aromatic rings. The third-order valence-corrected chi connectivity index (χ3v) is 4.85. The van der Waals surface area contributed by atoms with Gasteiger partial charge in [0, 0.05) is 0 Å². The number of ether oxygens (including phenoxy) is 2. The molecule has 0 saturated heterocycles. The predicted molar refractivity (Wildman–Crippen MR) is 125 cm³/mol. The number of aliphatic hydroxyl groups is 1. The molecular weight excluding hydrogens is 442 g/mol. The number of benzene rings is 1. The van der Waals surface area contributed by atoms with Gasteiger partial charge >= 0.3 is 12.1 Å². The van der Waals surface area contributed by atoms with Crippen LogP contribution in [-0.2, 0) is 30.5 Å². The first-order valence-electron chi connectivity index (χ1n) is 11.3. The molecule has 10 nitrogen and oxygen atoms in total. The Hall–Kier alpha value is -3.14. The van der Waals surface area contributed by atoms with Crippen molar-refractivity contribution in [3.63, 3.8) is 0 Å². The van der Waals surface area contributed by atoms with Gasteiger partial charge in [0.2, 0.25) is 11.8 Å². The van der Waals surface area contributed by atoms with Crippen LogP contribution < -0.4 is 16.0 Å². The van der Waals surface area contributed by atoms with Crippen molar-refractivity contribution in [3.05, 3.63) is 35.9 Å². The smallest absolute Gasteiger partial charge is 0.408 e. The minimum atomic E-state index is -1.25. The first-order chi connectivity index (χ1) is 16.1. The normalized spacial score (nSPS) is 13.5. The molecular formula is C24H37N3O7. The number of hydrogen-bond donors (Lipinski definition) is 4. The topological polar surface area (TPSA) is 143 Å². The van der Waals surface area contributed by atoms with Crippen molar-refractivity contribution in [2.75, 3.05) is 13.7 Å². The maximum absolute atomic E-state index is 13.0. The van der Waals surface area contributed by atoms with Gasteiger partial charge in [-0.05, 0) is 30.2 Å². The molecule has 0 aromatic heterocycles. The van der Waals surface area contributed by atoms with E-state index in [0.717, 1.165) is 12.7 Å². The number of amides is 3. The number of nitrogens with one attached hydrogen (secondary N) is 3. The van der Waals surface area contributed by atoms with Gasteiger partial charge in [-0.25, -0.2) is 9.59 Å². The highest BCUT2D eigenvalue weighted by Gasteiger charge is 2.30. The quantitative estimate of drug-likeness (QED) is 0.314. The summed E-state index contributed by atoms with van der Waals surface area (Å²) in [7, 11) is 1.14. The van der Waals surface area contributed by atoms with Gasteiger partial charge in [-0.3, -0.25) is 9.59 Å². The monoisotopic (exact) mass is 479 g/mol. The van der Waals surface area contributed by atoms with Crippen LogP contribution in [-0.4, -0.2) is 60.8 Å². The van der Waals surface area contributed by atoms with E-state index in [1.54, 1.807) is 0 Å². The second kappa shape index (κ2) is 14.9. The van der Waals surface area contributed by atoms with Gasteiger partial charge in [0.25, 0.3) is 0 Å². The van der Waals surface area contributed by atoms with Gasteiger partial charge in [0.1, 0.15) is 18.7 Å². The number of methoxy groups -OCH3 is 1. The lowest BCUT2D eigenvalue weighted by molar-refractivity contribution is -0.146. The minimum absolute atomic E-state index is 0.0362. The van der Waals surface area contributed by atoms with Crippen molar-refractivity contribution < 1.29 is 33.8 Å². The third-order valence-electron chi connectivity index (χ3n) is 4.85. The Labute approximate surface area is 200 Å². The van der Waals surface area contributed by atoms with Crippen molar-refractivity contribution in [3.8, 4) is 0 Å². The Morgan fingerprint density at radius 2 is 1.32 bits per heavy atom. The van der Waals surface area contributed by atoms with Crippen LogP contribution in [0.1, 0.15) is 46.1 Å². The summed E-state index contributed by atoms with van der Waals surface area (Å²) in [5, 5.41) is 17.0. The lowest BCUT2D eigenvalue weighted by Gasteiger charge is -2.26. The second-order valence-corrected chi connectivity index (χ2v) is 8.85. The van der Waals surface area contributed by atoms with Crippen molar-refractivity contribution in [1.82, 2.24) is 16.0 Å². The molecule has 3 amide bonds. The lowest BCUT2D eigenvalue weighted by atomic mass is 10.00. The summed E-state index contributed by atoms with van der Waals surface area (Å²) in [5.74, 6) is -1.88. The third kappa shape index (κ3) is 10.7. The maximum Gasteiger partial charge on any atom is 0.408 e. The molecule has 0 aliphatic heterocycles. The zero-order valence-electron chi connectivity index (χ0n) is 20.5. The Bertz CT molecular complexity index is 799. The molecule has 0 spiro atoms. The highest BCUT2D eigenvalue weighted by Crippen LogP contribution is 2.10. The molecule has 0 radical (unpaired) electrons. The average molecular weight is 480 g/mol. The summed E-state index contributed by atoms with van der Waals surface area (Å²) >= 11 is 0. The second-order valence-electron chi connectivity index (χ2n) is 8.85. The van der Waals surface area contributed by atoms with Crippen molar-refractivity contribution in [2.24, 2.45) is 11.8 Å². The summed E-state index contributed by atoms with van der Waals surface area (Å²) in [5.41, 5.74) is 0.806. The van der Waals surface area contributed by atoms with Crippen LogP contribution in [0.25, 0.3) is 0 Å². The van der Waals surface area contributed by atoms with Crippen molar-refractivity contribution in [1.29, 1.82) is 0 Å². The van der Waals surface area contributed by atoms with E-state index in [-0.39, 0.29) is 24.9 Å². The number of hydrogen-bond acceptors (Lipinski definition) is 7. The fourth-order valence-corrected chi connectivity index (χ4v) is 3.18. The van der Waals surface area contributed by atoms with Crippen molar-refractivity contribution >= 4 is 23.9 Å². The molecule has 0 unspecified atom stereocenters. The number of rotatable bonds is 13. The van der Waals surface area contributed by atoms with Gasteiger partial charge in [-0.1, -0.05) is 58.0 Å². The summed E-state index contributed by atoms with van der Waals surface area (Å²) < 4.78 is 9.79. The van der Waals surface area contributed by atoms with Crippen LogP contribution in [0.3, 0.4) is 0 Å². The largest absolute Gasteiger partial charge is 0.467 e. The zero-order chi connectivity index (χ0) is 25.7. The average Bonchev–Trinajstić information content (AvgIpc) is 2.79. The van der Waals surface area contributed by atoms with Gasteiger partial charge in [-0.15, -0.1) is 0 Å². The zero-order valence-corrected chi connectivity index (χ0v) is 20.5. The SMILES string of the molecule is COC(=O)[C@H](CO)NC(=O)[C@@H](CC(C)C)NC(=O)[C@@H](CC(C)C)NC(=O)OCc1ccccc1. The Kier molecular flexibility index (Phi) is 12.7. The Balaban J connectivity index is 2.86. The van der Waals surface area contributed by atoms with E-state index in [9.17, 15) is 24.3 Å². The standard InChI is InChI=1S/C24H37N3O7/c1-15(2)11-18(21(29)26-20(13-28)23(31)33-5)25-22(30)19(12-16(3)4)27-24(32)34-14-17-9-7-6-8-10-17/h6-10,15-16,18-20,28H,11-14H2,1-5H3,(H,25,30)(H,26,29)(H,27,32)/t18-,19-,20+/m1/s1. The van der Waals surface area contributed by atoms with E-state index >= 15 is 0 Å². The molecule has 10 heteroatoms. The number of esters is 1. The van der Waals surface area contributed by atoms with Crippen LogP contribution in [0.2, 0.25) is 0 Å². The number of carbonyl (C=O) groups excluding carboxylic acids is 4. The molecule has 0 heterocycles. The van der Waals surface area contributed by atoms with E-state index in [1.165, 1.54) is 0 Å². The molecule has 0 aliphatic carbocycles. The molecule has 3 atom stereocenters. The van der Waals surface area contributed by atoms with Gasteiger partial charge in [-0.2, -0.15) is 0 Å². The first kappa shape index (κ1) is 28.9. The summed E-state index contributed by atoms with van der Waals surface area (Å²) in [4.78, 5) is 49.8. The van der Waals surface area contributed by atoms with E-state index < -0.39 is 48.6 Å². The molecule has 1 aromatic carbocycles. The van der Waals surface area contributed by atoms with Crippen LogP contribution in [0, 0.1) is 11.8 Å². The van der Waals surface area contributed by atoms with Gasteiger partial charge < -0.3 is 30.5 Å². The molecule has 190 valence electrons.